The van der Waals surface area contributed by atoms with Crippen molar-refractivity contribution in [3.63, 3.8) is 0 Å². The average molecular weight is 312 g/mol. The van der Waals surface area contributed by atoms with Crippen molar-refractivity contribution in [3.8, 4) is 11.4 Å². The fourth-order valence-corrected chi connectivity index (χ4v) is 3.33. The molecule has 1 unspecified atom stereocenters. The number of nitrogens with zero attached hydrogens (tertiary/aromatic N) is 2. The highest BCUT2D eigenvalue weighted by molar-refractivity contribution is 5.81. The van der Waals surface area contributed by atoms with Gasteiger partial charge < -0.3 is 4.57 Å². The van der Waals surface area contributed by atoms with Gasteiger partial charge in [0.1, 0.15) is 5.82 Å². The Kier molecular flexibility index (Phi) is 3.66. The van der Waals surface area contributed by atoms with E-state index in [1.165, 1.54) is 22.2 Å². The van der Waals surface area contributed by atoms with Crippen LogP contribution in [0.15, 0.2) is 78.9 Å². The molecular weight excluding hydrogens is 292 g/mol. The first-order valence-corrected chi connectivity index (χ1v) is 8.33. The number of imidazole rings is 1. The zero-order chi connectivity index (χ0) is 16.5. The Morgan fingerprint density at radius 2 is 1.46 bits per heavy atom. The molecule has 0 radical (unpaired) electrons. The maximum absolute atomic E-state index is 4.95. The fraction of sp³-hybridized carbons (Fsp3) is 0.136. The minimum absolute atomic E-state index is 0.216. The van der Waals surface area contributed by atoms with Crippen LogP contribution in [-0.2, 0) is 0 Å². The molecule has 4 aromatic rings. The zero-order valence-electron chi connectivity index (χ0n) is 14.0. The second-order valence-corrected chi connectivity index (χ2v) is 6.20. The van der Waals surface area contributed by atoms with Gasteiger partial charge in [0.2, 0.25) is 0 Å². The maximum Gasteiger partial charge on any atom is 0.141 e. The second-order valence-electron chi connectivity index (χ2n) is 6.20. The lowest BCUT2D eigenvalue weighted by atomic mass is 10.1. The van der Waals surface area contributed by atoms with Crippen molar-refractivity contribution < 1.29 is 0 Å². The topological polar surface area (TPSA) is 17.8 Å². The van der Waals surface area contributed by atoms with Crippen molar-refractivity contribution in [1.82, 2.24) is 9.55 Å². The van der Waals surface area contributed by atoms with Crippen molar-refractivity contribution in [1.29, 1.82) is 0 Å². The van der Waals surface area contributed by atoms with Gasteiger partial charge in [-0.1, -0.05) is 66.7 Å². The van der Waals surface area contributed by atoms with Crippen LogP contribution in [0, 0.1) is 6.92 Å². The summed E-state index contributed by atoms with van der Waals surface area (Å²) >= 11 is 0. The summed E-state index contributed by atoms with van der Waals surface area (Å²) in [5.74, 6) is 1.03. The molecule has 1 aromatic heterocycles. The predicted molar refractivity (Wildman–Crippen MR) is 100 cm³/mol. The number of aromatic nitrogens is 2. The number of hydrogen-bond acceptors (Lipinski definition) is 1. The van der Waals surface area contributed by atoms with E-state index < -0.39 is 0 Å². The lowest BCUT2D eigenvalue weighted by molar-refractivity contribution is 0.665. The summed E-state index contributed by atoms with van der Waals surface area (Å²) in [5, 5.41) is 0. The molecule has 118 valence electrons. The van der Waals surface area contributed by atoms with Gasteiger partial charge in [-0.15, -0.1) is 0 Å². The average Bonchev–Trinajstić information content (AvgIpc) is 3.01. The molecule has 4 rings (SSSR count). The molecule has 3 aromatic carbocycles. The molecule has 0 aliphatic carbocycles. The Morgan fingerprint density at radius 1 is 0.792 bits per heavy atom. The van der Waals surface area contributed by atoms with Crippen molar-refractivity contribution in [2.75, 3.05) is 0 Å². The first-order chi connectivity index (χ1) is 11.8. The van der Waals surface area contributed by atoms with Crippen LogP contribution in [0.4, 0.5) is 0 Å². The van der Waals surface area contributed by atoms with Crippen LogP contribution in [-0.4, -0.2) is 9.55 Å². The van der Waals surface area contributed by atoms with Gasteiger partial charge in [-0.25, -0.2) is 4.98 Å². The van der Waals surface area contributed by atoms with E-state index >= 15 is 0 Å². The lowest BCUT2D eigenvalue weighted by Crippen LogP contribution is -2.08. The van der Waals surface area contributed by atoms with E-state index in [2.05, 4.69) is 97.3 Å². The third-order valence-electron chi connectivity index (χ3n) is 4.65. The zero-order valence-corrected chi connectivity index (χ0v) is 14.0. The first-order valence-electron chi connectivity index (χ1n) is 8.33. The Balaban J connectivity index is 1.99. The minimum Gasteiger partial charge on any atom is -0.317 e. The Hall–Kier alpha value is -2.87. The lowest BCUT2D eigenvalue weighted by Gasteiger charge is -2.19. The van der Waals surface area contributed by atoms with Crippen LogP contribution < -0.4 is 0 Å². The third kappa shape index (κ3) is 2.41. The summed E-state index contributed by atoms with van der Waals surface area (Å²) in [6.07, 6.45) is 0. The molecule has 2 nitrogen and oxygen atoms in total. The van der Waals surface area contributed by atoms with Crippen LogP contribution in [0.5, 0.6) is 0 Å². The standard InChI is InChI=1S/C22H20N2/c1-16-10-6-7-13-19(16)22-23-20-14-8-9-15-21(20)24(22)17(2)18-11-4-3-5-12-18/h3-15,17H,1-2H3. The molecule has 2 heteroatoms. The quantitative estimate of drug-likeness (QED) is 0.480. The van der Waals surface area contributed by atoms with Gasteiger partial charge >= 0.3 is 0 Å². The van der Waals surface area contributed by atoms with Crippen LogP contribution >= 0.6 is 0 Å². The molecule has 0 fully saturated rings. The number of fused-ring (bicyclic) bond motifs is 1. The van der Waals surface area contributed by atoms with Crippen LogP contribution in [0.3, 0.4) is 0 Å². The van der Waals surface area contributed by atoms with E-state index in [0.717, 1.165) is 11.3 Å². The van der Waals surface area contributed by atoms with Crippen molar-refractivity contribution in [3.05, 3.63) is 90.0 Å². The van der Waals surface area contributed by atoms with Gasteiger partial charge in [-0.05, 0) is 37.1 Å². The molecule has 0 bridgehead atoms. The molecule has 0 saturated heterocycles. The normalized spacial score (nSPS) is 12.4. The Bertz CT molecular complexity index is 983. The summed E-state index contributed by atoms with van der Waals surface area (Å²) in [5.41, 5.74) is 5.94. The molecular formula is C22H20N2. The SMILES string of the molecule is Cc1ccccc1-c1nc2ccccc2n1C(C)c1ccccc1. The van der Waals surface area contributed by atoms with Crippen molar-refractivity contribution >= 4 is 11.0 Å². The van der Waals surface area contributed by atoms with Gasteiger partial charge in [-0.3, -0.25) is 0 Å². The predicted octanol–water partition coefficient (Wildman–Crippen LogP) is 5.62. The third-order valence-corrected chi connectivity index (χ3v) is 4.65. The summed E-state index contributed by atoms with van der Waals surface area (Å²) in [6.45, 7) is 4.39. The number of para-hydroxylation sites is 2. The Morgan fingerprint density at radius 3 is 2.25 bits per heavy atom. The van der Waals surface area contributed by atoms with Gasteiger partial charge in [0.05, 0.1) is 17.1 Å². The number of benzene rings is 3. The Labute approximate surface area is 142 Å². The summed E-state index contributed by atoms with van der Waals surface area (Å²) in [4.78, 5) is 4.95. The first kappa shape index (κ1) is 14.7. The highest BCUT2D eigenvalue weighted by Crippen LogP contribution is 2.32. The number of hydrogen-bond donors (Lipinski definition) is 0. The van der Waals surface area contributed by atoms with Crippen molar-refractivity contribution in [2.24, 2.45) is 0 Å². The highest BCUT2D eigenvalue weighted by Gasteiger charge is 2.19. The molecule has 1 heterocycles. The molecule has 1 atom stereocenters. The smallest absolute Gasteiger partial charge is 0.141 e. The molecule has 0 saturated carbocycles. The summed E-state index contributed by atoms with van der Waals surface area (Å²) < 4.78 is 2.35. The van der Waals surface area contributed by atoms with E-state index in [1.807, 2.05) is 0 Å². The molecule has 24 heavy (non-hydrogen) atoms. The van der Waals surface area contributed by atoms with Crippen LogP contribution in [0.25, 0.3) is 22.4 Å². The monoisotopic (exact) mass is 312 g/mol. The molecule has 0 spiro atoms. The van der Waals surface area contributed by atoms with Gasteiger partial charge in [0.15, 0.2) is 0 Å². The van der Waals surface area contributed by atoms with E-state index in [9.17, 15) is 0 Å². The van der Waals surface area contributed by atoms with E-state index in [1.54, 1.807) is 0 Å². The molecule has 0 aliphatic rings. The van der Waals surface area contributed by atoms with Gasteiger partial charge in [-0.2, -0.15) is 0 Å². The molecule has 0 amide bonds. The van der Waals surface area contributed by atoms with Gasteiger partial charge in [0.25, 0.3) is 0 Å². The number of aryl methyl sites for hydroxylation is 1. The minimum atomic E-state index is 0.216. The largest absolute Gasteiger partial charge is 0.317 e. The molecule has 0 aliphatic heterocycles. The van der Waals surface area contributed by atoms with E-state index in [4.69, 9.17) is 4.98 Å². The van der Waals surface area contributed by atoms with Crippen LogP contribution in [0.1, 0.15) is 24.1 Å². The van der Waals surface area contributed by atoms with E-state index in [0.29, 0.717) is 0 Å². The maximum atomic E-state index is 4.95. The highest BCUT2D eigenvalue weighted by atomic mass is 15.1. The fourth-order valence-electron chi connectivity index (χ4n) is 3.33. The second kappa shape index (κ2) is 5.97. The van der Waals surface area contributed by atoms with Crippen molar-refractivity contribution in [2.45, 2.75) is 19.9 Å². The van der Waals surface area contributed by atoms with Crippen LogP contribution in [0.2, 0.25) is 0 Å². The van der Waals surface area contributed by atoms with E-state index in [-0.39, 0.29) is 6.04 Å². The molecule has 0 N–H and O–H groups in total. The summed E-state index contributed by atoms with van der Waals surface area (Å²) in [6, 6.07) is 27.7. The number of rotatable bonds is 3. The summed E-state index contributed by atoms with van der Waals surface area (Å²) in [7, 11) is 0. The van der Waals surface area contributed by atoms with Gasteiger partial charge in [0, 0.05) is 5.56 Å².